The van der Waals surface area contributed by atoms with E-state index in [1.165, 1.54) is 10.6 Å². The number of hydrogen-bond acceptors (Lipinski definition) is 5. The summed E-state index contributed by atoms with van der Waals surface area (Å²) < 4.78 is 24.6. The first-order valence-electron chi connectivity index (χ1n) is 10.7. The summed E-state index contributed by atoms with van der Waals surface area (Å²) in [5.74, 6) is -1.13. The Morgan fingerprint density at radius 2 is 1.71 bits per heavy atom. The predicted molar refractivity (Wildman–Crippen MR) is 116 cm³/mol. The van der Waals surface area contributed by atoms with Crippen molar-refractivity contribution in [3.63, 3.8) is 0 Å². The van der Waals surface area contributed by atoms with Gasteiger partial charge < -0.3 is 15.5 Å². The SMILES string of the molecule is CS(=O)(=O)N1CCC(CNC(=O)C(=O)Nc2cc3c4c(c2)CCC(=O)N4CCC3)CC1. The van der Waals surface area contributed by atoms with Gasteiger partial charge in [0.15, 0.2) is 0 Å². The average molecular weight is 449 g/mol. The lowest BCUT2D eigenvalue weighted by Gasteiger charge is -2.35. The van der Waals surface area contributed by atoms with E-state index in [4.69, 9.17) is 0 Å². The van der Waals surface area contributed by atoms with E-state index in [-0.39, 0.29) is 11.8 Å². The number of carbonyl (C=O) groups excluding carboxylic acids is 3. The molecule has 0 radical (unpaired) electrons. The van der Waals surface area contributed by atoms with Gasteiger partial charge in [0.25, 0.3) is 0 Å². The largest absolute Gasteiger partial charge is 0.348 e. The van der Waals surface area contributed by atoms with Crippen molar-refractivity contribution >= 4 is 39.1 Å². The van der Waals surface area contributed by atoms with E-state index in [0.29, 0.717) is 51.0 Å². The molecule has 0 spiro atoms. The monoisotopic (exact) mass is 448 g/mol. The molecule has 3 aliphatic rings. The summed E-state index contributed by atoms with van der Waals surface area (Å²) in [6.07, 6.45) is 5.32. The summed E-state index contributed by atoms with van der Waals surface area (Å²) in [5.41, 5.74) is 3.62. The molecule has 1 saturated heterocycles. The molecule has 0 atom stereocenters. The van der Waals surface area contributed by atoms with Crippen LogP contribution in [0.4, 0.5) is 11.4 Å². The van der Waals surface area contributed by atoms with Crippen LogP contribution in [0.3, 0.4) is 0 Å². The van der Waals surface area contributed by atoms with E-state index in [1.807, 2.05) is 17.0 Å². The fourth-order valence-electron chi connectivity index (χ4n) is 4.68. The second-order valence-electron chi connectivity index (χ2n) is 8.56. The van der Waals surface area contributed by atoms with Gasteiger partial charge in [0.05, 0.1) is 11.9 Å². The zero-order valence-electron chi connectivity index (χ0n) is 17.6. The molecule has 31 heavy (non-hydrogen) atoms. The van der Waals surface area contributed by atoms with Crippen molar-refractivity contribution in [3.05, 3.63) is 23.3 Å². The molecule has 1 aromatic carbocycles. The van der Waals surface area contributed by atoms with Crippen LogP contribution in [0.5, 0.6) is 0 Å². The smallest absolute Gasteiger partial charge is 0.313 e. The molecule has 3 aliphatic heterocycles. The van der Waals surface area contributed by atoms with Crippen LogP contribution in [0.1, 0.15) is 36.8 Å². The van der Waals surface area contributed by atoms with Gasteiger partial charge >= 0.3 is 11.8 Å². The van der Waals surface area contributed by atoms with Crippen LogP contribution in [0.25, 0.3) is 0 Å². The molecule has 3 amide bonds. The molecule has 0 aliphatic carbocycles. The predicted octanol–water partition coefficient (Wildman–Crippen LogP) is 0.638. The molecule has 1 fully saturated rings. The van der Waals surface area contributed by atoms with Gasteiger partial charge in [0.2, 0.25) is 15.9 Å². The van der Waals surface area contributed by atoms with Gasteiger partial charge in [-0.1, -0.05) is 0 Å². The molecular weight excluding hydrogens is 420 g/mol. The lowest BCUT2D eigenvalue weighted by Crippen LogP contribution is -2.43. The minimum Gasteiger partial charge on any atom is -0.348 e. The Kier molecular flexibility index (Phi) is 6.02. The summed E-state index contributed by atoms with van der Waals surface area (Å²) in [6, 6.07) is 3.71. The van der Waals surface area contributed by atoms with E-state index in [1.54, 1.807) is 0 Å². The summed E-state index contributed by atoms with van der Waals surface area (Å²) in [5, 5.41) is 5.36. The van der Waals surface area contributed by atoms with Gasteiger partial charge in [-0.2, -0.15) is 0 Å². The molecule has 9 nitrogen and oxygen atoms in total. The third-order valence-corrected chi connectivity index (χ3v) is 7.64. The fraction of sp³-hybridized carbons (Fsp3) is 0.571. The van der Waals surface area contributed by atoms with Crippen LogP contribution in [0, 0.1) is 5.92 Å². The summed E-state index contributed by atoms with van der Waals surface area (Å²) >= 11 is 0. The highest BCUT2D eigenvalue weighted by atomic mass is 32.2. The minimum absolute atomic E-state index is 0.145. The second kappa shape index (κ2) is 8.58. The topological polar surface area (TPSA) is 116 Å². The maximum Gasteiger partial charge on any atom is 0.313 e. The molecule has 2 N–H and O–H groups in total. The number of hydrogen-bond donors (Lipinski definition) is 2. The second-order valence-corrected chi connectivity index (χ2v) is 10.5. The third kappa shape index (κ3) is 4.74. The summed E-state index contributed by atoms with van der Waals surface area (Å²) in [7, 11) is -3.18. The van der Waals surface area contributed by atoms with Crippen molar-refractivity contribution in [1.29, 1.82) is 0 Å². The highest BCUT2D eigenvalue weighted by Gasteiger charge is 2.30. The zero-order chi connectivity index (χ0) is 22.2. The number of amides is 3. The normalized spacial score (nSPS) is 19.6. The number of nitrogens with zero attached hydrogens (tertiary/aromatic N) is 2. The molecule has 3 heterocycles. The van der Waals surface area contributed by atoms with Gasteiger partial charge in [0, 0.05) is 38.3 Å². The van der Waals surface area contributed by atoms with Crippen molar-refractivity contribution in [2.45, 2.75) is 38.5 Å². The minimum atomic E-state index is -3.18. The summed E-state index contributed by atoms with van der Waals surface area (Å²) in [4.78, 5) is 38.7. The first-order valence-corrected chi connectivity index (χ1v) is 12.6. The van der Waals surface area contributed by atoms with E-state index >= 15 is 0 Å². The van der Waals surface area contributed by atoms with Crippen molar-refractivity contribution < 1.29 is 22.8 Å². The summed E-state index contributed by atoms with van der Waals surface area (Å²) in [6.45, 7) is 1.94. The number of sulfonamides is 1. The number of benzene rings is 1. The average Bonchev–Trinajstić information content (AvgIpc) is 2.74. The first kappa shape index (κ1) is 21.8. The van der Waals surface area contributed by atoms with E-state index in [0.717, 1.165) is 36.2 Å². The van der Waals surface area contributed by atoms with E-state index in [2.05, 4.69) is 10.6 Å². The highest BCUT2D eigenvalue weighted by molar-refractivity contribution is 7.88. The highest BCUT2D eigenvalue weighted by Crippen LogP contribution is 2.37. The van der Waals surface area contributed by atoms with Crippen molar-refractivity contribution in [3.8, 4) is 0 Å². The number of nitrogens with one attached hydrogen (secondary N) is 2. The standard InChI is InChI=1S/C21H28N4O5S/c1-31(29,30)24-9-6-14(7-10-24)13-22-20(27)21(28)23-17-11-15-3-2-8-25-18(26)5-4-16(12-17)19(15)25/h11-12,14H,2-10,13H2,1H3,(H,22,27)(H,23,28). The van der Waals surface area contributed by atoms with Gasteiger partial charge in [-0.05, 0) is 61.3 Å². The fourth-order valence-corrected chi connectivity index (χ4v) is 5.55. The molecule has 0 bridgehead atoms. The number of piperidine rings is 1. The van der Waals surface area contributed by atoms with Crippen LogP contribution in [0.15, 0.2) is 12.1 Å². The lowest BCUT2D eigenvalue weighted by atomic mass is 9.91. The van der Waals surface area contributed by atoms with Crippen LogP contribution in [-0.2, 0) is 37.2 Å². The molecule has 0 saturated carbocycles. The molecular formula is C21H28N4O5S. The van der Waals surface area contributed by atoms with E-state index in [9.17, 15) is 22.8 Å². The molecule has 10 heteroatoms. The Morgan fingerprint density at radius 3 is 2.39 bits per heavy atom. The number of aryl methyl sites for hydroxylation is 2. The van der Waals surface area contributed by atoms with E-state index < -0.39 is 21.8 Å². The van der Waals surface area contributed by atoms with Crippen molar-refractivity contribution in [2.24, 2.45) is 5.92 Å². The molecule has 1 aromatic rings. The number of rotatable bonds is 4. The van der Waals surface area contributed by atoms with Crippen molar-refractivity contribution in [1.82, 2.24) is 9.62 Å². The molecule has 168 valence electrons. The third-order valence-electron chi connectivity index (χ3n) is 6.33. The van der Waals surface area contributed by atoms with Crippen LogP contribution >= 0.6 is 0 Å². The van der Waals surface area contributed by atoms with Crippen molar-refractivity contribution in [2.75, 3.05) is 42.7 Å². The maximum atomic E-state index is 12.4. The Hall–Kier alpha value is -2.46. The van der Waals surface area contributed by atoms with Crippen LogP contribution in [-0.4, -0.2) is 62.9 Å². The van der Waals surface area contributed by atoms with Gasteiger partial charge in [-0.25, -0.2) is 12.7 Å². The van der Waals surface area contributed by atoms with Gasteiger partial charge in [-0.15, -0.1) is 0 Å². The molecule has 0 unspecified atom stereocenters. The zero-order valence-corrected chi connectivity index (χ0v) is 18.5. The Bertz CT molecular complexity index is 998. The quantitative estimate of drug-likeness (QED) is 0.656. The van der Waals surface area contributed by atoms with Crippen LogP contribution in [0.2, 0.25) is 0 Å². The Morgan fingerprint density at radius 1 is 1.03 bits per heavy atom. The first-order chi connectivity index (χ1) is 14.7. The molecule has 4 rings (SSSR count). The number of anilines is 2. The van der Waals surface area contributed by atoms with Gasteiger partial charge in [0.1, 0.15) is 0 Å². The molecule has 0 aromatic heterocycles. The lowest BCUT2D eigenvalue weighted by molar-refractivity contribution is -0.136. The Labute approximate surface area is 182 Å². The van der Waals surface area contributed by atoms with Gasteiger partial charge in [-0.3, -0.25) is 14.4 Å². The van der Waals surface area contributed by atoms with Crippen LogP contribution < -0.4 is 15.5 Å². The number of carbonyl (C=O) groups is 3. The maximum absolute atomic E-state index is 12.4. The Balaban J connectivity index is 1.33.